The van der Waals surface area contributed by atoms with Crippen LogP contribution in [0.4, 0.5) is 10.1 Å². The number of aromatic nitrogens is 2. The standard InChI is InChI=1S/C37H29FN4O4S/c1-22-33(35(44)40-27-8-4-3-5-9-27)34(24-14-17-30(43)31(18-24)46-2)42-36(45)32(47-37(42)39-22)19-25-21-41(29-11-7-6-10-28(25)29)20-23-12-15-26(38)16-13-23/h3-19,21,34,43H,20H2,1-2H3,(H,40,44)/b32-19-/t34-/m0/s1. The molecule has 47 heavy (non-hydrogen) atoms. The summed E-state index contributed by atoms with van der Waals surface area (Å²) < 4.78 is 23.0. The van der Waals surface area contributed by atoms with E-state index < -0.39 is 11.9 Å². The Morgan fingerprint density at radius 3 is 2.55 bits per heavy atom. The molecule has 1 amide bonds. The van der Waals surface area contributed by atoms with Gasteiger partial charge in [-0.25, -0.2) is 9.38 Å². The van der Waals surface area contributed by atoms with E-state index >= 15 is 0 Å². The molecule has 234 valence electrons. The zero-order valence-corrected chi connectivity index (χ0v) is 26.3. The molecule has 0 saturated heterocycles. The number of ether oxygens (including phenoxy) is 1. The Morgan fingerprint density at radius 1 is 1.04 bits per heavy atom. The second-order valence-electron chi connectivity index (χ2n) is 11.2. The van der Waals surface area contributed by atoms with Crippen LogP contribution in [0, 0.1) is 5.82 Å². The number of rotatable bonds is 7. The van der Waals surface area contributed by atoms with Gasteiger partial charge in [-0.2, -0.15) is 0 Å². The van der Waals surface area contributed by atoms with Crippen LogP contribution in [-0.4, -0.2) is 27.3 Å². The minimum Gasteiger partial charge on any atom is -0.504 e. The first-order valence-corrected chi connectivity index (χ1v) is 15.7. The summed E-state index contributed by atoms with van der Waals surface area (Å²) in [7, 11) is 1.45. The predicted molar refractivity (Wildman–Crippen MR) is 181 cm³/mol. The average Bonchev–Trinajstić information content (AvgIpc) is 3.58. The lowest BCUT2D eigenvalue weighted by molar-refractivity contribution is -0.113. The van der Waals surface area contributed by atoms with Gasteiger partial charge in [0.2, 0.25) is 0 Å². The van der Waals surface area contributed by atoms with Crippen LogP contribution in [0.3, 0.4) is 0 Å². The van der Waals surface area contributed by atoms with Crippen molar-refractivity contribution in [1.29, 1.82) is 0 Å². The van der Waals surface area contributed by atoms with E-state index in [-0.39, 0.29) is 22.9 Å². The lowest BCUT2D eigenvalue weighted by Gasteiger charge is -2.25. The number of nitrogens with one attached hydrogen (secondary N) is 1. The lowest BCUT2D eigenvalue weighted by Crippen LogP contribution is -2.40. The zero-order chi connectivity index (χ0) is 32.7. The maximum Gasteiger partial charge on any atom is 0.271 e. The highest BCUT2D eigenvalue weighted by atomic mass is 32.1. The van der Waals surface area contributed by atoms with E-state index in [2.05, 4.69) is 9.88 Å². The van der Waals surface area contributed by atoms with Crippen molar-refractivity contribution in [1.82, 2.24) is 9.13 Å². The van der Waals surface area contributed by atoms with Crippen LogP contribution >= 0.6 is 11.3 Å². The lowest BCUT2D eigenvalue weighted by atomic mass is 9.94. The van der Waals surface area contributed by atoms with Crippen molar-refractivity contribution in [3.8, 4) is 11.5 Å². The molecule has 0 radical (unpaired) electrons. The van der Waals surface area contributed by atoms with Crippen molar-refractivity contribution in [3.63, 3.8) is 0 Å². The van der Waals surface area contributed by atoms with E-state index in [0.717, 1.165) is 22.0 Å². The smallest absolute Gasteiger partial charge is 0.271 e. The van der Waals surface area contributed by atoms with E-state index in [1.807, 2.05) is 54.7 Å². The van der Waals surface area contributed by atoms with Crippen LogP contribution in [0.5, 0.6) is 11.5 Å². The topological polar surface area (TPSA) is 97.9 Å². The van der Waals surface area contributed by atoms with Gasteiger partial charge in [0.15, 0.2) is 16.3 Å². The fraction of sp³-hybridized carbons (Fsp3) is 0.108. The summed E-state index contributed by atoms with van der Waals surface area (Å²) in [5, 5.41) is 14.2. The molecule has 8 nitrogen and oxygen atoms in total. The maximum absolute atomic E-state index is 14.3. The molecule has 1 atom stereocenters. The number of hydrogen-bond donors (Lipinski definition) is 2. The highest BCUT2D eigenvalue weighted by molar-refractivity contribution is 7.07. The molecular weight excluding hydrogens is 615 g/mol. The van der Waals surface area contributed by atoms with Gasteiger partial charge in [-0.3, -0.25) is 14.2 Å². The molecule has 0 saturated carbocycles. The van der Waals surface area contributed by atoms with E-state index in [1.165, 1.54) is 41.2 Å². The number of carbonyl (C=O) groups excluding carboxylic acids is 1. The van der Waals surface area contributed by atoms with Crippen molar-refractivity contribution in [2.45, 2.75) is 19.5 Å². The SMILES string of the molecule is COc1cc([C@H]2C(C(=O)Nc3ccccc3)=C(C)N=c3s/c(=C\c4cn(Cc5ccc(F)cc5)c5ccccc45)c(=O)n32)ccc1O. The average molecular weight is 645 g/mol. The Labute approximate surface area is 272 Å². The number of benzene rings is 4. The second kappa shape index (κ2) is 12.2. The van der Waals surface area contributed by atoms with Gasteiger partial charge in [0.1, 0.15) is 5.82 Å². The van der Waals surface area contributed by atoms with Crippen LogP contribution in [0.15, 0.2) is 124 Å². The first kappa shape index (κ1) is 29.9. The van der Waals surface area contributed by atoms with Gasteiger partial charge in [-0.1, -0.05) is 65.9 Å². The number of nitrogens with zero attached hydrogens (tertiary/aromatic N) is 3. The van der Waals surface area contributed by atoms with Crippen LogP contribution in [0.1, 0.15) is 29.7 Å². The van der Waals surface area contributed by atoms with Crippen LogP contribution in [0.25, 0.3) is 17.0 Å². The van der Waals surface area contributed by atoms with Crippen LogP contribution in [0.2, 0.25) is 0 Å². The van der Waals surface area contributed by atoms with Gasteiger partial charge in [-0.05, 0) is 66.6 Å². The number of thiazole rings is 1. The fourth-order valence-electron chi connectivity index (χ4n) is 5.96. The van der Waals surface area contributed by atoms with E-state index in [1.54, 1.807) is 43.3 Å². The number of phenolic OH excluding ortho intramolecular Hbond substituents is 1. The number of anilines is 1. The molecule has 0 spiro atoms. The molecule has 2 N–H and O–H groups in total. The van der Waals surface area contributed by atoms with E-state index in [9.17, 15) is 19.1 Å². The Bertz CT molecular complexity index is 2370. The molecule has 10 heteroatoms. The number of aromatic hydroxyl groups is 1. The number of para-hydroxylation sites is 2. The number of allylic oxidation sites excluding steroid dienone is 1. The summed E-state index contributed by atoms with van der Waals surface area (Å²) in [5.74, 6) is -0.525. The Kier molecular flexibility index (Phi) is 7.79. The monoisotopic (exact) mass is 644 g/mol. The summed E-state index contributed by atoms with van der Waals surface area (Å²) in [6.45, 7) is 2.28. The number of carbonyl (C=O) groups is 1. The highest BCUT2D eigenvalue weighted by Gasteiger charge is 2.33. The Morgan fingerprint density at radius 2 is 1.79 bits per heavy atom. The molecule has 0 unspecified atom stereocenters. The molecule has 1 aliphatic heterocycles. The van der Waals surface area contributed by atoms with Gasteiger partial charge in [-0.15, -0.1) is 0 Å². The number of halogens is 1. The molecule has 7 rings (SSSR count). The number of fused-ring (bicyclic) bond motifs is 2. The third kappa shape index (κ3) is 5.64. The molecule has 0 bridgehead atoms. The van der Waals surface area contributed by atoms with E-state index in [0.29, 0.717) is 38.4 Å². The zero-order valence-electron chi connectivity index (χ0n) is 25.5. The van der Waals surface area contributed by atoms with Crippen molar-refractivity contribution in [2.24, 2.45) is 4.99 Å². The third-order valence-corrected chi connectivity index (χ3v) is 9.17. The summed E-state index contributed by atoms with van der Waals surface area (Å²) >= 11 is 1.24. The first-order valence-electron chi connectivity index (χ1n) is 14.9. The molecule has 6 aromatic rings. The summed E-state index contributed by atoms with van der Waals surface area (Å²) in [6.07, 6.45) is 3.84. The number of hydrogen-bond acceptors (Lipinski definition) is 6. The molecular formula is C37H29FN4O4S. The summed E-state index contributed by atoms with van der Waals surface area (Å²) in [5.41, 5.74) is 4.41. The van der Waals surface area contributed by atoms with Crippen molar-refractivity contribution in [3.05, 3.63) is 157 Å². The molecule has 3 heterocycles. The molecule has 0 fully saturated rings. The van der Waals surface area contributed by atoms with Gasteiger partial charge >= 0.3 is 0 Å². The minimum absolute atomic E-state index is 0.0586. The van der Waals surface area contributed by atoms with Crippen molar-refractivity contribution >= 4 is 39.9 Å². The first-order chi connectivity index (χ1) is 22.8. The predicted octanol–water partition coefficient (Wildman–Crippen LogP) is 5.73. The van der Waals surface area contributed by atoms with Crippen LogP contribution < -0.4 is 24.9 Å². The fourth-order valence-corrected chi connectivity index (χ4v) is 7.00. The largest absolute Gasteiger partial charge is 0.504 e. The van der Waals surface area contributed by atoms with Crippen molar-refractivity contribution < 1.29 is 19.0 Å². The van der Waals surface area contributed by atoms with E-state index in [4.69, 9.17) is 9.73 Å². The van der Waals surface area contributed by atoms with Crippen molar-refractivity contribution in [2.75, 3.05) is 12.4 Å². The summed E-state index contributed by atoms with van der Waals surface area (Å²) in [4.78, 5) is 33.4. The maximum atomic E-state index is 14.3. The molecule has 1 aliphatic rings. The molecule has 4 aromatic carbocycles. The van der Waals surface area contributed by atoms with Gasteiger partial charge < -0.3 is 19.7 Å². The van der Waals surface area contributed by atoms with Gasteiger partial charge in [0.25, 0.3) is 11.5 Å². The van der Waals surface area contributed by atoms with Gasteiger partial charge in [0, 0.05) is 34.9 Å². The number of amides is 1. The Balaban J connectivity index is 1.37. The Hall–Kier alpha value is -5.74. The van der Waals surface area contributed by atoms with Gasteiger partial charge in [0.05, 0.1) is 29.0 Å². The third-order valence-electron chi connectivity index (χ3n) is 8.19. The quantitative estimate of drug-likeness (QED) is 0.232. The summed E-state index contributed by atoms with van der Waals surface area (Å²) in [6, 6.07) is 27.4. The normalized spacial score (nSPS) is 14.6. The second-order valence-corrected chi connectivity index (χ2v) is 12.2. The highest BCUT2D eigenvalue weighted by Crippen LogP contribution is 2.35. The molecule has 0 aliphatic carbocycles. The van der Waals surface area contributed by atoms with Crippen LogP contribution in [-0.2, 0) is 11.3 Å². The number of phenols is 1. The molecule has 2 aromatic heterocycles. The number of methoxy groups -OCH3 is 1. The minimum atomic E-state index is -0.841.